The van der Waals surface area contributed by atoms with Crippen molar-refractivity contribution in [3.63, 3.8) is 0 Å². The Balaban J connectivity index is 1.84. The fourth-order valence-corrected chi connectivity index (χ4v) is 6.01. The summed E-state index contributed by atoms with van der Waals surface area (Å²) in [5.74, 6) is 0.133. The molecule has 0 radical (unpaired) electrons. The number of rotatable bonds is 5. The second kappa shape index (κ2) is 9.99. The number of halogens is 1. The molecule has 0 aliphatic carbocycles. The van der Waals surface area contributed by atoms with Crippen LogP contribution in [0.4, 0.5) is 0 Å². The molecule has 0 bridgehead atoms. The highest BCUT2D eigenvalue weighted by molar-refractivity contribution is 9.10. The Morgan fingerprint density at radius 1 is 1.22 bits per heavy atom. The van der Waals surface area contributed by atoms with Crippen molar-refractivity contribution in [2.45, 2.75) is 19.9 Å². The van der Waals surface area contributed by atoms with Crippen molar-refractivity contribution in [3.8, 4) is 11.5 Å². The van der Waals surface area contributed by atoms with Gasteiger partial charge in [-0.25, -0.2) is 9.79 Å². The lowest BCUT2D eigenvalue weighted by Crippen LogP contribution is -2.40. The number of methoxy groups -OCH3 is 1. The largest absolute Gasteiger partial charge is 0.507 e. The Kier molecular flexibility index (Phi) is 6.74. The summed E-state index contributed by atoms with van der Waals surface area (Å²) < 4.78 is 13.7. The Bertz CT molecular complexity index is 1770. The predicted octanol–water partition coefficient (Wildman–Crippen LogP) is 4.43. The maximum Gasteiger partial charge on any atom is 0.338 e. The molecule has 0 saturated carbocycles. The molecule has 4 aromatic rings. The standard InChI is InChI=1S/C28H23BrN2O5S/c1-4-36-27(34)23-15(2)30-28-31(26(33)22(37-28)14-16-9-11-20(32)19(29)13-16)25(23)24-18-8-6-5-7-17(18)10-12-21(24)35-3/h5-14,25,32H,4H2,1-3H3/b22-14-/t25-/m0/s1. The zero-order valence-corrected chi connectivity index (χ0v) is 22.7. The molecule has 1 aliphatic rings. The molecule has 0 fully saturated rings. The Labute approximate surface area is 224 Å². The van der Waals surface area contributed by atoms with E-state index in [1.807, 2.05) is 36.4 Å². The van der Waals surface area contributed by atoms with Gasteiger partial charge in [-0.15, -0.1) is 0 Å². The third kappa shape index (κ3) is 4.38. The van der Waals surface area contributed by atoms with Crippen LogP contribution >= 0.6 is 27.3 Å². The van der Waals surface area contributed by atoms with Gasteiger partial charge in [0.25, 0.3) is 5.56 Å². The highest BCUT2D eigenvalue weighted by atomic mass is 79.9. The minimum absolute atomic E-state index is 0.108. The van der Waals surface area contributed by atoms with Crippen LogP contribution in [0.15, 0.2) is 80.1 Å². The molecule has 9 heteroatoms. The number of allylic oxidation sites excluding steroid dienone is 1. The molecule has 5 rings (SSSR count). The summed E-state index contributed by atoms with van der Waals surface area (Å²) in [5, 5.41) is 11.7. The average Bonchev–Trinajstić information content (AvgIpc) is 3.19. The van der Waals surface area contributed by atoms with Gasteiger partial charge in [0.1, 0.15) is 17.5 Å². The summed E-state index contributed by atoms with van der Waals surface area (Å²) in [6.07, 6.45) is 1.74. The number of esters is 1. The van der Waals surface area contributed by atoms with Crippen molar-refractivity contribution >= 4 is 50.1 Å². The number of benzene rings is 3. The van der Waals surface area contributed by atoms with Crippen LogP contribution in [0.1, 0.15) is 31.0 Å². The van der Waals surface area contributed by atoms with E-state index in [1.54, 1.807) is 49.8 Å². The number of ether oxygens (including phenoxy) is 2. The van der Waals surface area contributed by atoms with Crippen LogP contribution in [0.3, 0.4) is 0 Å². The van der Waals surface area contributed by atoms with Crippen LogP contribution < -0.4 is 19.6 Å². The summed E-state index contributed by atoms with van der Waals surface area (Å²) >= 11 is 4.56. The molecule has 0 amide bonds. The smallest absolute Gasteiger partial charge is 0.338 e. The first-order valence-electron chi connectivity index (χ1n) is 11.6. The molecule has 3 aromatic carbocycles. The monoisotopic (exact) mass is 578 g/mol. The Morgan fingerprint density at radius 2 is 2.00 bits per heavy atom. The van der Waals surface area contributed by atoms with Crippen molar-refractivity contribution in [1.29, 1.82) is 0 Å². The molecule has 1 N–H and O–H groups in total. The molecule has 1 atom stereocenters. The van der Waals surface area contributed by atoms with Gasteiger partial charge in [-0.1, -0.05) is 47.7 Å². The normalized spacial score (nSPS) is 15.5. The maximum absolute atomic E-state index is 13.9. The predicted molar refractivity (Wildman–Crippen MR) is 147 cm³/mol. The summed E-state index contributed by atoms with van der Waals surface area (Å²) in [7, 11) is 1.57. The van der Waals surface area contributed by atoms with Gasteiger partial charge in [0.2, 0.25) is 0 Å². The first-order valence-corrected chi connectivity index (χ1v) is 13.2. The quantitative estimate of drug-likeness (QED) is 0.354. The van der Waals surface area contributed by atoms with Gasteiger partial charge in [-0.3, -0.25) is 9.36 Å². The van der Waals surface area contributed by atoms with E-state index in [0.717, 1.165) is 16.3 Å². The third-order valence-electron chi connectivity index (χ3n) is 6.21. The van der Waals surface area contributed by atoms with Crippen LogP contribution in [0, 0.1) is 0 Å². The lowest BCUT2D eigenvalue weighted by Gasteiger charge is -2.27. The fraction of sp³-hybridized carbons (Fsp3) is 0.179. The van der Waals surface area contributed by atoms with Gasteiger partial charge in [0.15, 0.2) is 4.80 Å². The minimum atomic E-state index is -0.801. The highest BCUT2D eigenvalue weighted by Crippen LogP contribution is 2.40. The van der Waals surface area contributed by atoms with Crippen LogP contribution in [-0.4, -0.2) is 29.4 Å². The van der Waals surface area contributed by atoms with Crippen LogP contribution in [0.25, 0.3) is 16.8 Å². The minimum Gasteiger partial charge on any atom is -0.507 e. The van der Waals surface area contributed by atoms with Gasteiger partial charge in [0.05, 0.1) is 34.0 Å². The lowest BCUT2D eigenvalue weighted by molar-refractivity contribution is -0.139. The van der Waals surface area contributed by atoms with E-state index in [2.05, 4.69) is 20.9 Å². The van der Waals surface area contributed by atoms with E-state index < -0.39 is 12.0 Å². The van der Waals surface area contributed by atoms with E-state index >= 15 is 0 Å². The van der Waals surface area contributed by atoms with Gasteiger partial charge in [-0.2, -0.15) is 0 Å². The lowest BCUT2D eigenvalue weighted by atomic mass is 9.90. The summed E-state index contributed by atoms with van der Waals surface area (Å²) in [6, 6.07) is 15.8. The molecule has 0 unspecified atom stereocenters. The molecule has 2 heterocycles. The van der Waals surface area contributed by atoms with E-state index in [9.17, 15) is 14.7 Å². The highest BCUT2D eigenvalue weighted by Gasteiger charge is 2.36. The zero-order valence-electron chi connectivity index (χ0n) is 20.3. The zero-order chi connectivity index (χ0) is 26.3. The Hall–Kier alpha value is -3.69. The van der Waals surface area contributed by atoms with E-state index in [1.165, 1.54) is 11.3 Å². The van der Waals surface area contributed by atoms with Gasteiger partial charge >= 0.3 is 5.97 Å². The number of hydrogen-bond acceptors (Lipinski definition) is 7. The number of fused-ring (bicyclic) bond motifs is 2. The number of phenols is 1. The number of carbonyl (C=O) groups excluding carboxylic acids is 1. The molecule has 188 valence electrons. The van der Waals surface area contributed by atoms with E-state index in [4.69, 9.17) is 9.47 Å². The molecule has 7 nitrogen and oxygen atoms in total. The third-order valence-corrected chi connectivity index (χ3v) is 7.83. The van der Waals surface area contributed by atoms with E-state index in [0.29, 0.717) is 36.4 Å². The van der Waals surface area contributed by atoms with Gasteiger partial charge in [-0.05, 0) is 70.4 Å². The topological polar surface area (TPSA) is 90.1 Å². The SMILES string of the molecule is CCOC(=O)C1=C(C)N=c2s/c(=C\c3ccc(O)c(Br)c3)c(=O)n2[C@@H]1c1c(OC)ccc2ccccc12. The average molecular weight is 579 g/mol. The van der Waals surface area contributed by atoms with Crippen molar-refractivity contribution in [2.75, 3.05) is 13.7 Å². The number of nitrogens with zero attached hydrogens (tertiary/aromatic N) is 2. The van der Waals surface area contributed by atoms with Crippen molar-refractivity contribution < 1.29 is 19.4 Å². The summed E-state index contributed by atoms with van der Waals surface area (Å²) in [4.78, 5) is 32.3. The number of hydrogen-bond donors (Lipinski definition) is 1. The molecule has 0 spiro atoms. The van der Waals surface area contributed by atoms with Crippen molar-refractivity contribution in [2.24, 2.45) is 4.99 Å². The first-order chi connectivity index (χ1) is 17.8. The Morgan fingerprint density at radius 3 is 2.73 bits per heavy atom. The summed E-state index contributed by atoms with van der Waals surface area (Å²) in [6.45, 7) is 3.69. The van der Waals surface area contributed by atoms with Crippen molar-refractivity contribution in [1.82, 2.24) is 4.57 Å². The number of thiazole rings is 1. The van der Waals surface area contributed by atoms with Crippen LogP contribution in [0.2, 0.25) is 0 Å². The summed E-state index contributed by atoms with van der Waals surface area (Å²) in [5.41, 5.74) is 1.91. The molecule has 0 saturated heterocycles. The fourth-order valence-electron chi connectivity index (χ4n) is 4.56. The molecule has 1 aromatic heterocycles. The van der Waals surface area contributed by atoms with Gasteiger partial charge in [0, 0.05) is 5.56 Å². The first kappa shape index (κ1) is 25.0. The maximum atomic E-state index is 13.9. The van der Waals surface area contributed by atoms with E-state index in [-0.39, 0.29) is 17.9 Å². The molecular weight excluding hydrogens is 556 g/mol. The van der Waals surface area contributed by atoms with Crippen molar-refractivity contribution in [3.05, 3.63) is 101 Å². The second-order valence-electron chi connectivity index (χ2n) is 8.42. The second-order valence-corrected chi connectivity index (χ2v) is 10.3. The number of phenolic OH excluding ortho intramolecular Hbond substituents is 1. The molecule has 37 heavy (non-hydrogen) atoms. The number of aromatic hydroxyl groups is 1. The number of carbonyl (C=O) groups is 1. The van der Waals surface area contributed by atoms with Crippen LogP contribution in [-0.2, 0) is 9.53 Å². The molecular formula is C28H23BrN2O5S. The molecule has 1 aliphatic heterocycles. The van der Waals surface area contributed by atoms with Crippen LogP contribution in [0.5, 0.6) is 11.5 Å². The number of aromatic nitrogens is 1. The van der Waals surface area contributed by atoms with Gasteiger partial charge < -0.3 is 14.6 Å².